The average molecular weight is 258 g/mol. The number of aromatic nitrogens is 1. The molecule has 1 saturated carbocycles. The lowest BCUT2D eigenvalue weighted by molar-refractivity contribution is 0.748. The van der Waals surface area contributed by atoms with Crippen molar-refractivity contribution >= 4 is 11.3 Å². The van der Waals surface area contributed by atoms with Crippen LogP contribution >= 0.6 is 11.3 Å². The molecule has 0 atom stereocenters. The Bertz CT molecular complexity index is 565. The maximum Gasteiger partial charge on any atom is 0.123 e. The smallest absolute Gasteiger partial charge is 0.123 e. The first-order chi connectivity index (χ1) is 8.62. The van der Waals surface area contributed by atoms with Gasteiger partial charge in [0.05, 0.1) is 11.2 Å². The van der Waals surface area contributed by atoms with Crippen molar-refractivity contribution < 1.29 is 0 Å². The predicted octanol–water partition coefficient (Wildman–Crippen LogP) is 3.63. The van der Waals surface area contributed by atoms with E-state index in [1.54, 1.807) is 11.3 Å². The molecule has 0 unspecified atom stereocenters. The predicted molar refractivity (Wildman–Crippen MR) is 76.8 cm³/mol. The molecule has 1 aromatic heterocycles. The molecule has 2 nitrogen and oxygen atoms in total. The van der Waals surface area contributed by atoms with Crippen molar-refractivity contribution in [3.63, 3.8) is 0 Å². The fourth-order valence-electron chi connectivity index (χ4n) is 2.23. The second-order valence-electron chi connectivity index (χ2n) is 5.14. The van der Waals surface area contributed by atoms with Crippen molar-refractivity contribution in [2.75, 3.05) is 0 Å². The van der Waals surface area contributed by atoms with Gasteiger partial charge in [0, 0.05) is 10.4 Å². The summed E-state index contributed by atoms with van der Waals surface area (Å²) in [6.45, 7) is 4.24. The number of benzene rings is 1. The third kappa shape index (κ3) is 1.98. The lowest BCUT2D eigenvalue weighted by Gasteiger charge is -2.04. The molecular weight excluding hydrogens is 240 g/mol. The van der Waals surface area contributed by atoms with Gasteiger partial charge in [0.25, 0.3) is 0 Å². The van der Waals surface area contributed by atoms with Crippen LogP contribution in [0.15, 0.2) is 24.3 Å². The monoisotopic (exact) mass is 258 g/mol. The fourth-order valence-corrected chi connectivity index (χ4v) is 3.46. The summed E-state index contributed by atoms with van der Waals surface area (Å²) in [4.78, 5) is 5.96. The Hall–Kier alpha value is -1.19. The molecule has 3 heteroatoms. The second-order valence-corrected chi connectivity index (χ2v) is 6.14. The molecule has 1 aliphatic carbocycles. The Labute approximate surface area is 112 Å². The largest absolute Gasteiger partial charge is 0.321 e. The van der Waals surface area contributed by atoms with Crippen molar-refractivity contribution in [1.29, 1.82) is 0 Å². The Morgan fingerprint density at radius 2 is 1.94 bits per heavy atom. The minimum atomic E-state index is -0.0661. The molecule has 0 saturated heterocycles. The van der Waals surface area contributed by atoms with Crippen LogP contribution in [0.4, 0.5) is 0 Å². The van der Waals surface area contributed by atoms with Crippen LogP contribution in [0.1, 0.15) is 35.9 Å². The number of hydrogen-bond acceptors (Lipinski definition) is 3. The maximum atomic E-state index is 6.28. The van der Waals surface area contributed by atoms with Gasteiger partial charge in [0.15, 0.2) is 0 Å². The van der Waals surface area contributed by atoms with E-state index in [0.29, 0.717) is 0 Å². The molecule has 1 heterocycles. The molecule has 0 bridgehead atoms. The Balaban J connectivity index is 1.96. The number of nitrogens with zero attached hydrogens (tertiary/aromatic N) is 1. The minimum Gasteiger partial charge on any atom is -0.321 e. The zero-order valence-corrected chi connectivity index (χ0v) is 11.7. The molecule has 1 aliphatic rings. The molecule has 94 valence electrons. The van der Waals surface area contributed by atoms with E-state index in [0.717, 1.165) is 30.0 Å². The van der Waals surface area contributed by atoms with Gasteiger partial charge >= 0.3 is 0 Å². The molecule has 0 aliphatic heterocycles. The number of hydrogen-bond donors (Lipinski definition) is 1. The summed E-state index contributed by atoms with van der Waals surface area (Å²) >= 11 is 1.76. The summed E-state index contributed by atoms with van der Waals surface area (Å²) < 4.78 is 0. The van der Waals surface area contributed by atoms with Crippen molar-refractivity contribution in [3.05, 3.63) is 40.4 Å². The highest BCUT2D eigenvalue weighted by Gasteiger charge is 2.43. The molecule has 1 fully saturated rings. The van der Waals surface area contributed by atoms with Crippen LogP contribution in [0.25, 0.3) is 10.6 Å². The summed E-state index contributed by atoms with van der Waals surface area (Å²) in [5, 5.41) is 1.10. The number of nitrogens with two attached hydrogens (primary N) is 1. The molecule has 1 aromatic carbocycles. The van der Waals surface area contributed by atoms with Crippen LogP contribution in [0.3, 0.4) is 0 Å². The summed E-state index contributed by atoms with van der Waals surface area (Å²) in [6, 6.07) is 8.69. The zero-order valence-electron chi connectivity index (χ0n) is 10.9. The summed E-state index contributed by atoms with van der Waals surface area (Å²) in [5.41, 5.74) is 9.89. The molecule has 2 aromatic rings. The Morgan fingerprint density at radius 3 is 2.50 bits per heavy atom. The van der Waals surface area contributed by atoms with E-state index in [-0.39, 0.29) is 5.54 Å². The molecule has 0 spiro atoms. The summed E-state index contributed by atoms with van der Waals surface area (Å²) in [5.74, 6) is 0. The normalized spacial score (nSPS) is 16.8. The molecular formula is C15H18N2S. The van der Waals surface area contributed by atoms with Gasteiger partial charge in [-0.3, -0.25) is 0 Å². The Kier molecular flexibility index (Phi) is 2.76. The van der Waals surface area contributed by atoms with Crippen LogP contribution in [0.2, 0.25) is 0 Å². The van der Waals surface area contributed by atoms with Crippen molar-refractivity contribution in [2.45, 2.75) is 38.6 Å². The first-order valence-corrected chi connectivity index (χ1v) is 7.30. The van der Waals surface area contributed by atoms with Crippen LogP contribution in [-0.4, -0.2) is 4.98 Å². The van der Waals surface area contributed by atoms with Gasteiger partial charge in [-0.25, -0.2) is 4.98 Å². The van der Waals surface area contributed by atoms with E-state index in [4.69, 9.17) is 5.73 Å². The highest BCUT2D eigenvalue weighted by atomic mass is 32.1. The highest BCUT2D eigenvalue weighted by molar-refractivity contribution is 7.15. The van der Waals surface area contributed by atoms with Gasteiger partial charge in [0.1, 0.15) is 5.01 Å². The minimum absolute atomic E-state index is 0.0661. The van der Waals surface area contributed by atoms with E-state index < -0.39 is 0 Å². The van der Waals surface area contributed by atoms with Gasteiger partial charge in [-0.2, -0.15) is 0 Å². The fraction of sp³-hybridized carbons (Fsp3) is 0.400. The van der Waals surface area contributed by atoms with E-state index in [1.807, 2.05) is 0 Å². The standard InChI is InChI=1S/C15H18N2S/c1-3-11-4-6-12(7-5-11)14-17-10(2)13(18-14)15(16)8-9-15/h4-7H,3,8-9,16H2,1-2H3. The third-order valence-electron chi connectivity index (χ3n) is 3.65. The van der Waals surface area contributed by atoms with Crippen LogP contribution in [-0.2, 0) is 12.0 Å². The molecule has 0 amide bonds. The van der Waals surface area contributed by atoms with Gasteiger partial charge in [0.2, 0.25) is 0 Å². The summed E-state index contributed by atoms with van der Waals surface area (Å²) in [7, 11) is 0. The quantitative estimate of drug-likeness (QED) is 0.913. The Morgan fingerprint density at radius 1 is 1.28 bits per heavy atom. The van der Waals surface area contributed by atoms with E-state index in [1.165, 1.54) is 16.0 Å². The number of rotatable bonds is 3. The first-order valence-electron chi connectivity index (χ1n) is 6.48. The highest BCUT2D eigenvalue weighted by Crippen LogP contribution is 2.47. The lowest BCUT2D eigenvalue weighted by Crippen LogP contribution is -2.18. The lowest BCUT2D eigenvalue weighted by atomic mass is 10.1. The zero-order chi connectivity index (χ0) is 12.8. The maximum absolute atomic E-state index is 6.28. The van der Waals surface area contributed by atoms with E-state index in [9.17, 15) is 0 Å². The third-order valence-corrected chi connectivity index (χ3v) is 5.07. The van der Waals surface area contributed by atoms with Gasteiger partial charge in [-0.05, 0) is 31.7 Å². The number of aryl methyl sites for hydroxylation is 2. The molecule has 2 N–H and O–H groups in total. The van der Waals surface area contributed by atoms with Gasteiger partial charge in [-0.1, -0.05) is 31.2 Å². The molecule has 18 heavy (non-hydrogen) atoms. The van der Waals surface area contributed by atoms with Crippen LogP contribution in [0, 0.1) is 6.92 Å². The van der Waals surface area contributed by atoms with Gasteiger partial charge < -0.3 is 5.73 Å². The molecule has 3 rings (SSSR count). The SMILES string of the molecule is CCc1ccc(-c2nc(C)c(C3(N)CC3)s2)cc1. The summed E-state index contributed by atoms with van der Waals surface area (Å²) in [6.07, 6.45) is 3.28. The van der Waals surface area contributed by atoms with Crippen LogP contribution in [0.5, 0.6) is 0 Å². The number of thiazole rings is 1. The van der Waals surface area contributed by atoms with Crippen molar-refractivity contribution in [2.24, 2.45) is 5.73 Å². The van der Waals surface area contributed by atoms with E-state index in [2.05, 4.69) is 43.1 Å². The second kappa shape index (κ2) is 4.18. The van der Waals surface area contributed by atoms with Crippen LogP contribution < -0.4 is 5.73 Å². The average Bonchev–Trinajstić information content (AvgIpc) is 3.00. The van der Waals surface area contributed by atoms with E-state index >= 15 is 0 Å². The van der Waals surface area contributed by atoms with Crippen molar-refractivity contribution in [3.8, 4) is 10.6 Å². The topological polar surface area (TPSA) is 38.9 Å². The first kappa shape index (κ1) is 11.9. The van der Waals surface area contributed by atoms with Crippen molar-refractivity contribution in [1.82, 2.24) is 4.98 Å². The van der Waals surface area contributed by atoms with Gasteiger partial charge in [-0.15, -0.1) is 11.3 Å². The molecule has 0 radical (unpaired) electrons.